The Morgan fingerprint density at radius 1 is 0.718 bits per heavy atom. The number of nitrogens with one attached hydrogen (secondary N) is 3. The number of H-pyrrole nitrogens is 1. The summed E-state index contributed by atoms with van der Waals surface area (Å²) < 4.78 is 15.1. The van der Waals surface area contributed by atoms with Gasteiger partial charge in [0.1, 0.15) is 12.1 Å². The number of hydrogen-bond donors (Lipinski definition) is 3. The number of carbonyl (C=O) groups is 4. The molecule has 0 aliphatic carbocycles. The van der Waals surface area contributed by atoms with E-state index < -0.39 is 11.7 Å². The first-order valence-electron chi connectivity index (χ1n) is 24.5. The van der Waals surface area contributed by atoms with E-state index in [0.29, 0.717) is 92.4 Å². The molecule has 368 valence electrons. The molecule has 0 radical (unpaired) electrons. The molecule has 3 fully saturated rings. The number of halogens is 1. The Hall–Kier alpha value is -7.28. The van der Waals surface area contributed by atoms with Crippen LogP contribution in [0.2, 0.25) is 0 Å². The van der Waals surface area contributed by atoms with Crippen LogP contribution >= 0.6 is 0 Å². The summed E-state index contributed by atoms with van der Waals surface area (Å²) in [6.07, 6.45) is 9.42. The van der Waals surface area contributed by atoms with Crippen molar-refractivity contribution in [1.29, 1.82) is 0 Å². The van der Waals surface area contributed by atoms with Crippen molar-refractivity contribution in [3.05, 3.63) is 148 Å². The largest absolute Gasteiger partial charge is 0.338 e. The highest BCUT2D eigenvalue weighted by Crippen LogP contribution is 2.28. The first-order valence-corrected chi connectivity index (χ1v) is 24.5. The Labute approximate surface area is 411 Å². The average Bonchev–Trinajstić information content (AvgIpc) is 3.40. The monoisotopic (exact) mass is 962 g/mol. The minimum Gasteiger partial charge on any atom is -0.338 e. The Balaban J connectivity index is 0.721. The van der Waals surface area contributed by atoms with Gasteiger partial charge >= 0.3 is 0 Å². The number of likely N-dealkylation sites (tertiary alicyclic amines) is 1. The number of nitrogens with zero attached hydrogens (tertiary/aromatic N) is 9. The first-order chi connectivity index (χ1) is 34.6. The van der Waals surface area contributed by atoms with Crippen molar-refractivity contribution in [2.75, 3.05) is 90.4 Å². The Bertz CT molecular complexity index is 2930. The number of fused-ring (bicyclic) bond motifs is 1. The number of pyridine rings is 1. The average molecular weight is 963 g/mol. The molecule has 17 nitrogen and oxygen atoms in total. The first kappa shape index (κ1) is 48.7. The van der Waals surface area contributed by atoms with E-state index in [1.165, 1.54) is 18.0 Å². The SMILES string of the molecule is CCc1cccc(-c2cnc(C(=O)N3CCC(CN4CCN(CC(=O)N5CCN(C(=O)c6cc(Cc7n[nH]c(=O)c8ccccc78)ccc6F)CC5)CC4)CC3)c(NC(=O)CNCc3cncnc3)c2)c1. The third kappa shape index (κ3) is 12.0. The number of anilines is 1. The van der Waals surface area contributed by atoms with Crippen LogP contribution in [0.1, 0.15) is 63.0 Å². The minimum absolute atomic E-state index is 0.0178. The van der Waals surface area contributed by atoms with Gasteiger partial charge in [0.2, 0.25) is 11.8 Å². The van der Waals surface area contributed by atoms with Gasteiger partial charge in [-0.3, -0.25) is 28.9 Å². The molecule has 3 aliphatic rings. The maximum absolute atomic E-state index is 15.1. The van der Waals surface area contributed by atoms with Gasteiger partial charge in [-0.05, 0) is 66.1 Å². The molecule has 0 spiro atoms. The maximum atomic E-state index is 15.1. The third-order valence-corrected chi connectivity index (χ3v) is 13.8. The van der Waals surface area contributed by atoms with E-state index in [0.717, 1.165) is 68.7 Å². The highest BCUT2D eigenvalue weighted by molar-refractivity contribution is 6.03. The molecule has 3 aromatic carbocycles. The molecule has 3 aromatic heterocycles. The van der Waals surface area contributed by atoms with Crippen LogP contribution in [0.25, 0.3) is 21.9 Å². The second-order valence-electron chi connectivity index (χ2n) is 18.6. The number of aromatic nitrogens is 5. The second kappa shape index (κ2) is 22.6. The summed E-state index contributed by atoms with van der Waals surface area (Å²) in [6.45, 7) is 9.46. The molecular formula is C53H59FN12O5. The molecule has 0 saturated carbocycles. The Morgan fingerprint density at radius 3 is 2.20 bits per heavy atom. The number of piperidine rings is 1. The van der Waals surface area contributed by atoms with Crippen LogP contribution in [0, 0.1) is 11.7 Å². The van der Waals surface area contributed by atoms with E-state index in [-0.39, 0.29) is 41.1 Å². The molecule has 0 unspecified atom stereocenters. The van der Waals surface area contributed by atoms with Crippen molar-refractivity contribution in [3.8, 4) is 11.1 Å². The van der Waals surface area contributed by atoms with E-state index in [2.05, 4.69) is 64.6 Å². The molecule has 71 heavy (non-hydrogen) atoms. The number of aryl methyl sites for hydroxylation is 1. The zero-order chi connectivity index (χ0) is 49.3. The van der Waals surface area contributed by atoms with Crippen LogP contribution in [0.5, 0.6) is 0 Å². The lowest BCUT2D eigenvalue weighted by atomic mass is 9.95. The lowest BCUT2D eigenvalue weighted by molar-refractivity contribution is -0.134. The van der Waals surface area contributed by atoms with Crippen molar-refractivity contribution >= 4 is 40.1 Å². The van der Waals surface area contributed by atoms with E-state index in [4.69, 9.17) is 0 Å². The Morgan fingerprint density at radius 2 is 1.44 bits per heavy atom. The zero-order valence-corrected chi connectivity index (χ0v) is 40.0. The van der Waals surface area contributed by atoms with E-state index >= 15 is 4.39 Å². The van der Waals surface area contributed by atoms with Gasteiger partial charge in [0.15, 0.2) is 5.69 Å². The summed E-state index contributed by atoms with van der Waals surface area (Å²) in [4.78, 5) is 89.2. The summed E-state index contributed by atoms with van der Waals surface area (Å²) in [6, 6.07) is 21.6. The number of carbonyl (C=O) groups excluding carboxylic acids is 4. The molecule has 0 atom stereocenters. The van der Waals surface area contributed by atoms with E-state index in [1.807, 2.05) is 35.2 Å². The Kier molecular flexibility index (Phi) is 15.5. The molecule has 3 aliphatic heterocycles. The molecule has 6 heterocycles. The van der Waals surface area contributed by atoms with Crippen molar-refractivity contribution in [1.82, 2.24) is 55.0 Å². The number of aromatic amines is 1. The number of amides is 4. The zero-order valence-electron chi connectivity index (χ0n) is 40.0. The highest BCUT2D eigenvalue weighted by atomic mass is 19.1. The molecule has 3 N–H and O–H groups in total. The number of hydrogen-bond acceptors (Lipinski definition) is 12. The third-order valence-electron chi connectivity index (χ3n) is 13.8. The van der Waals surface area contributed by atoms with Crippen molar-refractivity contribution in [2.24, 2.45) is 5.92 Å². The summed E-state index contributed by atoms with van der Waals surface area (Å²) in [7, 11) is 0. The predicted molar refractivity (Wildman–Crippen MR) is 267 cm³/mol. The normalized spacial score (nSPS) is 16.1. The summed E-state index contributed by atoms with van der Waals surface area (Å²) in [5.74, 6) is -1.10. The van der Waals surface area contributed by atoms with Crippen LogP contribution in [0.4, 0.5) is 10.1 Å². The van der Waals surface area contributed by atoms with Crippen LogP contribution in [0.15, 0.2) is 103 Å². The molecule has 0 bridgehead atoms. The molecule has 18 heteroatoms. The van der Waals surface area contributed by atoms with Gasteiger partial charge in [-0.25, -0.2) is 24.4 Å². The second-order valence-corrected chi connectivity index (χ2v) is 18.6. The lowest BCUT2D eigenvalue weighted by Gasteiger charge is -2.40. The highest BCUT2D eigenvalue weighted by Gasteiger charge is 2.31. The molecule has 4 amide bonds. The topological polar surface area (TPSA) is 193 Å². The summed E-state index contributed by atoms with van der Waals surface area (Å²) in [5, 5.41) is 14.1. The van der Waals surface area contributed by atoms with Gasteiger partial charge < -0.3 is 30.2 Å². The quantitative estimate of drug-likeness (QED) is 0.133. The number of piperazine rings is 2. The number of benzene rings is 3. The fraction of sp³-hybridized carbons (Fsp3) is 0.377. The summed E-state index contributed by atoms with van der Waals surface area (Å²) in [5.41, 5.74) is 5.38. The van der Waals surface area contributed by atoms with Gasteiger partial charge in [-0.1, -0.05) is 55.5 Å². The van der Waals surface area contributed by atoms with Gasteiger partial charge in [-0.15, -0.1) is 0 Å². The predicted octanol–water partition coefficient (Wildman–Crippen LogP) is 4.25. The van der Waals surface area contributed by atoms with E-state index in [9.17, 15) is 24.0 Å². The van der Waals surface area contributed by atoms with Crippen LogP contribution < -0.4 is 16.2 Å². The molecule has 9 rings (SSSR count). The fourth-order valence-corrected chi connectivity index (χ4v) is 9.73. The maximum Gasteiger partial charge on any atom is 0.274 e. The van der Waals surface area contributed by atoms with Crippen molar-refractivity contribution in [2.45, 2.75) is 39.2 Å². The molecular weight excluding hydrogens is 904 g/mol. The van der Waals surface area contributed by atoms with Crippen LogP contribution in [0.3, 0.4) is 0 Å². The smallest absolute Gasteiger partial charge is 0.274 e. The fourth-order valence-electron chi connectivity index (χ4n) is 9.73. The minimum atomic E-state index is -0.613. The van der Waals surface area contributed by atoms with Crippen LogP contribution in [-0.2, 0) is 29.0 Å². The van der Waals surface area contributed by atoms with Gasteiger partial charge in [0.25, 0.3) is 17.4 Å². The van der Waals surface area contributed by atoms with Crippen molar-refractivity contribution in [3.63, 3.8) is 0 Å². The van der Waals surface area contributed by atoms with E-state index in [1.54, 1.807) is 52.7 Å². The van der Waals surface area contributed by atoms with Gasteiger partial charge in [0.05, 0.1) is 35.4 Å². The molecule has 3 saturated heterocycles. The summed E-state index contributed by atoms with van der Waals surface area (Å²) >= 11 is 0. The molecule has 6 aromatic rings. The van der Waals surface area contributed by atoms with Crippen molar-refractivity contribution < 1.29 is 23.6 Å². The standard InChI is InChI=1S/C53H59FN12O5/c1-2-36-6-5-7-40(24-36)41-27-47(59-48(67)32-55-28-39-29-56-35-57-30-39)50(58-31-41)53(71)65-14-12-37(13-15-65)33-62-16-18-63(19-17-62)34-49(68)64-20-22-66(23-21-64)52(70)44-25-38(10-11-45(44)54)26-46-42-8-3-4-9-43(42)51(69)61-60-46/h3-11,24-25,27,29-31,35,37,55H,2,12-23,26,28,32-34H2,1H3,(H,59,67)(H,61,69). The number of rotatable bonds is 15. The van der Waals surface area contributed by atoms with Crippen LogP contribution in [-0.4, -0.2) is 158 Å². The van der Waals surface area contributed by atoms with Gasteiger partial charge in [0, 0.05) is 120 Å². The van der Waals surface area contributed by atoms with Gasteiger partial charge in [-0.2, -0.15) is 5.10 Å². The lowest BCUT2D eigenvalue weighted by Crippen LogP contribution is -2.55.